The van der Waals surface area contributed by atoms with Crippen molar-refractivity contribution >= 4 is 32.5 Å². The number of carbonyl (C=O) groups is 1. The number of benzene rings is 2. The molecule has 2 aromatic carbocycles. The summed E-state index contributed by atoms with van der Waals surface area (Å²) in [5, 5.41) is 5.48. The number of nitrogens with zero attached hydrogens (tertiary/aromatic N) is 4. The van der Waals surface area contributed by atoms with E-state index in [1.165, 1.54) is 33.6 Å². The quantitative estimate of drug-likeness (QED) is 0.395. The van der Waals surface area contributed by atoms with Crippen molar-refractivity contribution in [2.45, 2.75) is 32.2 Å². The predicted octanol–water partition coefficient (Wildman–Crippen LogP) is 4.12. The number of ketones is 1. The van der Waals surface area contributed by atoms with E-state index in [0.29, 0.717) is 30.0 Å². The van der Waals surface area contributed by atoms with Gasteiger partial charge in [-0.05, 0) is 42.9 Å². The summed E-state index contributed by atoms with van der Waals surface area (Å²) in [4.78, 5) is 33.6. The molecule has 35 heavy (non-hydrogen) atoms. The second-order valence-corrected chi connectivity index (χ2v) is 10.0. The third-order valence-corrected chi connectivity index (χ3v) is 7.90. The predicted molar refractivity (Wildman–Crippen MR) is 138 cm³/mol. The van der Waals surface area contributed by atoms with Crippen LogP contribution >= 0.6 is 11.3 Å². The fourth-order valence-corrected chi connectivity index (χ4v) is 5.98. The molecule has 0 N–H and O–H groups in total. The van der Waals surface area contributed by atoms with Gasteiger partial charge in [0, 0.05) is 24.2 Å². The first kappa shape index (κ1) is 22.1. The Kier molecular flexibility index (Phi) is 5.91. The number of carbonyl (C=O) groups excluding carboxylic acids is 1. The van der Waals surface area contributed by atoms with E-state index in [2.05, 4.69) is 11.0 Å². The summed E-state index contributed by atoms with van der Waals surface area (Å²) in [5.74, 6) is -0.116. The first-order valence-electron chi connectivity index (χ1n) is 12.1. The lowest BCUT2D eigenvalue weighted by Crippen LogP contribution is -2.36. The molecule has 0 atom stereocenters. The third-order valence-electron chi connectivity index (χ3n) is 6.78. The Hall–Kier alpha value is -3.36. The maximum Gasteiger partial charge on any atom is 0.294 e. The number of hydrogen-bond donors (Lipinski definition) is 0. The van der Waals surface area contributed by atoms with E-state index in [1.807, 2.05) is 42.5 Å². The average molecular weight is 487 g/mol. The molecule has 0 spiro atoms. The minimum Gasteiger partial charge on any atom is -0.378 e. The van der Waals surface area contributed by atoms with Crippen molar-refractivity contribution in [3.63, 3.8) is 0 Å². The van der Waals surface area contributed by atoms with Crippen molar-refractivity contribution in [2.75, 3.05) is 31.2 Å². The summed E-state index contributed by atoms with van der Waals surface area (Å²) in [5.41, 5.74) is 4.81. The Morgan fingerprint density at radius 2 is 1.77 bits per heavy atom. The average Bonchev–Trinajstić information content (AvgIpc) is 3.37. The number of thiazole rings is 1. The summed E-state index contributed by atoms with van der Waals surface area (Å²) in [6.45, 7) is 2.63. The standard InChI is InChI=1S/C27H26N4O3S/c32-22(21-11-10-18-6-4-5-9-20(18)16-21)17-31-26(33)24-25(23(29-31)19-7-2-1-3-8-19)35-27(28-24)30-12-14-34-15-13-30/h1-3,7-8,10-11,16H,4-6,9,12-15,17H2. The van der Waals surface area contributed by atoms with Gasteiger partial charge >= 0.3 is 0 Å². The highest BCUT2D eigenvalue weighted by Crippen LogP contribution is 2.34. The van der Waals surface area contributed by atoms with E-state index in [-0.39, 0.29) is 17.9 Å². The second kappa shape index (κ2) is 9.36. The summed E-state index contributed by atoms with van der Waals surface area (Å²) in [7, 11) is 0. The number of morpholine rings is 1. The molecule has 0 saturated carbocycles. The number of hydrogen-bond acceptors (Lipinski definition) is 7. The molecular formula is C27H26N4O3S. The molecule has 0 unspecified atom stereocenters. The van der Waals surface area contributed by atoms with Gasteiger partial charge in [0.05, 0.1) is 17.9 Å². The van der Waals surface area contributed by atoms with Gasteiger partial charge in [0.2, 0.25) is 0 Å². The highest BCUT2D eigenvalue weighted by molar-refractivity contribution is 7.22. The SMILES string of the molecule is O=C(Cn1nc(-c2ccccc2)c2sc(N3CCOCC3)nc2c1=O)c1ccc2c(c1)CCCC2. The lowest BCUT2D eigenvalue weighted by atomic mass is 9.90. The Morgan fingerprint density at radius 3 is 2.57 bits per heavy atom. The number of aryl methyl sites for hydroxylation is 2. The van der Waals surface area contributed by atoms with Crippen LogP contribution in [0.15, 0.2) is 53.3 Å². The zero-order valence-electron chi connectivity index (χ0n) is 19.4. The molecule has 7 nitrogen and oxygen atoms in total. The lowest BCUT2D eigenvalue weighted by molar-refractivity contribution is 0.0966. The molecule has 0 bridgehead atoms. The summed E-state index contributed by atoms with van der Waals surface area (Å²) < 4.78 is 7.51. The van der Waals surface area contributed by atoms with Gasteiger partial charge in [-0.2, -0.15) is 5.10 Å². The fraction of sp³-hybridized carbons (Fsp3) is 0.333. The zero-order chi connectivity index (χ0) is 23.8. The van der Waals surface area contributed by atoms with Crippen LogP contribution in [0, 0.1) is 0 Å². The molecule has 1 saturated heterocycles. The van der Waals surface area contributed by atoms with E-state index in [4.69, 9.17) is 14.8 Å². The van der Waals surface area contributed by atoms with Crippen LogP contribution in [-0.2, 0) is 24.1 Å². The number of Topliss-reactive ketones (excluding diaryl/α,β-unsaturated/α-hetero) is 1. The minimum atomic E-state index is -0.332. The van der Waals surface area contributed by atoms with Crippen LogP contribution in [0.25, 0.3) is 21.5 Å². The smallest absolute Gasteiger partial charge is 0.294 e. The van der Waals surface area contributed by atoms with Crippen molar-refractivity contribution < 1.29 is 9.53 Å². The van der Waals surface area contributed by atoms with Gasteiger partial charge in [-0.25, -0.2) is 9.67 Å². The van der Waals surface area contributed by atoms with Gasteiger partial charge in [0.15, 0.2) is 16.4 Å². The molecule has 8 heteroatoms. The molecule has 0 radical (unpaired) electrons. The van der Waals surface area contributed by atoms with Crippen molar-refractivity contribution in [1.29, 1.82) is 0 Å². The summed E-state index contributed by atoms with van der Waals surface area (Å²) in [6, 6.07) is 15.7. The molecule has 178 valence electrons. The van der Waals surface area contributed by atoms with Crippen molar-refractivity contribution in [3.8, 4) is 11.3 Å². The van der Waals surface area contributed by atoms with Crippen LogP contribution in [0.2, 0.25) is 0 Å². The van der Waals surface area contributed by atoms with Crippen LogP contribution in [-0.4, -0.2) is 46.9 Å². The van der Waals surface area contributed by atoms with E-state index in [1.54, 1.807) is 0 Å². The Morgan fingerprint density at radius 1 is 1.00 bits per heavy atom. The van der Waals surface area contributed by atoms with E-state index >= 15 is 0 Å². The highest BCUT2D eigenvalue weighted by atomic mass is 32.1. The summed E-state index contributed by atoms with van der Waals surface area (Å²) >= 11 is 1.48. The highest BCUT2D eigenvalue weighted by Gasteiger charge is 2.23. The number of anilines is 1. The molecule has 1 aliphatic heterocycles. The molecule has 1 aliphatic carbocycles. The van der Waals surface area contributed by atoms with Gasteiger partial charge in [-0.15, -0.1) is 0 Å². The van der Waals surface area contributed by atoms with E-state index in [0.717, 1.165) is 47.7 Å². The van der Waals surface area contributed by atoms with Crippen LogP contribution in [0.4, 0.5) is 5.13 Å². The van der Waals surface area contributed by atoms with Gasteiger partial charge in [0.1, 0.15) is 12.2 Å². The molecule has 4 aromatic rings. The van der Waals surface area contributed by atoms with Gasteiger partial charge in [-0.1, -0.05) is 53.8 Å². The largest absolute Gasteiger partial charge is 0.378 e. The molecule has 6 rings (SSSR count). The molecule has 2 aromatic heterocycles. The van der Waals surface area contributed by atoms with Crippen molar-refractivity contribution in [1.82, 2.24) is 14.8 Å². The van der Waals surface area contributed by atoms with Crippen LogP contribution in [0.5, 0.6) is 0 Å². The van der Waals surface area contributed by atoms with Gasteiger partial charge in [0.25, 0.3) is 5.56 Å². The molecule has 1 fully saturated rings. The number of aromatic nitrogens is 3. The maximum absolute atomic E-state index is 13.5. The van der Waals surface area contributed by atoms with Crippen LogP contribution in [0.1, 0.15) is 34.3 Å². The van der Waals surface area contributed by atoms with Crippen LogP contribution < -0.4 is 10.5 Å². The molecule has 2 aliphatic rings. The Labute approximate surface area is 207 Å². The third kappa shape index (κ3) is 4.28. The monoisotopic (exact) mass is 486 g/mol. The molecule has 0 amide bonds. The Bertz CT molecular complexity index is 1450. The van der Waals surface area contributed by atoms with E-state index in [9.17, 15) is 9.59 Å². The number of ether oxygens (including phenoxy) is 1. The fourth-order valence-electron chi connectivity index (χ4n) is 4.86. The normalized spacial score (nSPS) is 15.8. The van der Waals surface area contributed by atoms with E-state index < -0.39 is 0 Å². The molecular weight excluding hydrogens is 460 g/mol. The van der Waals surface area contributed by atoms with Gasteiger partial charge < -0.3 is 9.64 Å². The van der Waals surface area contributed by atoms with Gasteiger partial charge in [-0.3, -0.25) is 9.59 Å². The topological polar surface area (TPSA) is 77.3 Å². The second-order valence-electron chi connectivity index (χ2n) is 9.06. The number of rotatable bonds is 5. The first-order valence-corrected chi connectivity index (χ1v) is 12.9. The first-order chi connectivity index (χ1) is 17.2. The zero-order valence-corrected chi connectivity index (χ0v) is 20.2. The lowest BCUT2D eigenvalue weighted by Gasteiger charge is -2.25. The van der Waals surface area contributed by atoms with Crippen molar-refractivity contribution in [3.05, 3.63) is 75.6 Å². The van der Waals surface area contributed by atoms with Crippen molar-refractivity contribution in [2.24, 2.45) is 0 Å². The molecule has 3 heterocycles. The summed E-state index contributed by atoms with van der Waals surface area (Å²) in [6.07, 6.45) is 4.42. The van der Waals surface area contributed by atoms with Crippen LogP contribution in [0.3, 0.4) is 0 Å². The Balaban J connectivity index is 1.41. The number of fused-ring (bicyclic) bond motifs is 2. The maximum atomic E-state index is 13.5. The minimum absolute atomic E-state index is 0.113.